The van der Waals surface area contributed by atoms with E-state index >= 15 is 0 Å². The van der Waals surface area contributed by atoms with E-state index in [1.807, 2.05) is 13.8 Å². The van der Waals surface area contributed by atoms with Crippen molar-refractivity contribution in [3.63, 3.8) is 0 Å². The maximum Gasteiger partial charge on any atom is 0.305 e. The summed E-state index contributed by atoms with van der Waals surface area (Å²) in [6, 6.07) is 0. The van der Waals surface area contributed by atoms with E-state index in [2.05, 4.69) is 13.2 Å². The number of ether oxygens (including phenoxy) is 1. The topological polar surface area (TPSA) is 26.3 Å². The molecule has 0 radical (unpaired) electrons. The first-order chi connectivity index (χ1) is 6.74. The van der Waals surface area contributed by atoms with E-state index in [9.17, 15) is 4.79 Å². The van der Waals surface area contributed by atoms with Crippen LogP contribution in [-0.2, 0) is 9.53 Å². The zero-order valence-corrected chi connectivity index (χ0v) is 9.38. The van der Waals surface area contributed by atoms with Crippen LogP contribution in [0.25, 0.3) is 0 Å². The Morgan fingerprint density at radius 3 is 2.29 bits per heavy atom. The zero-order valence-electron chi connectivity index (χ0n) is 9.38. The number of hydrogen-bond acceptors (Lipinski definition) is 2. The summed E-state index contributed by atoms with van der Waals surface area (Å²) < 4.78 is 4.87. The van der Waals surface area contributed by atoms with E-state index < -0.39 is 0 Å². The van der Waals surface area contributed by atoms with Crippen LogP contribution in [0.15, 0.2) is 37.0 Å². The van der Waals surface area contributed by atoms with Crippen molar-refractivity contribution in [3.8, 4) is 0 Å². The molecule has 0 saturated carbocycles. The molecule has 0 aliphatic carbocycles. The van der Waals surface area contributed by atoms with Gasteiger partial charge in [-0.1, -0.05) is 52.2 Å². The Labute approximate surface area is 87.0 Å². The van der Waals surface area contributed by atoms with Gasteiger partial charge in [-0.3, -0.25) is 4.79 Å². The molecule has 0 amide bonds. The summed E-state index contributed by atoms with van der Waals surface area (Å²) in [5.41, 5.74) is 0.854. The van der Waals surface area contributed by atoms with Gasteiger partial charge < -0.3 is 4.74 Å². The van der Waals surface area contributed by atoms with E-state index in [-0.39, 0.29) is 12.6 Å². The minimum absolute atomic E-state index is 0.202. The zero-order chi connectivity index (χ0) is 11.4. The van der Waals surface area contributed by atoms with Crippen molar-refractivity contribution in [1.82, 2.24) is 0 Å². The molecule has 0 rings (SSSR count). The minimum Gasteiger partial charge on any atom is -0.461 e. The van der Waals surface area contributed by atoms with Gasteiger partial charge in [0.05, 0.1) is 0 Å². The second-order valence-electron chi connectivity index (χ2n) is 2.20. The third-order valence-corrected chi connectivity index (χ3v) is 1.28. The van der Waals surface area contributed by atoms with Gasteiger partial charge in [0.2, 0.25) is 0 Å². The van der Waals surface area contributed by atoms with Crippen molar-refractivity contribution in [3.05, 3.63) is 37.0 Å². The van der Waals surface area contributed by atoms with Crippen molar-refractivity contribution < 1.29 is 9.53 Å². The average molecular weight is 196 g/mol. The molecule has 0 unspecified atom stereocenters. The normalized spacial score (nSPS) is 9.50. The van der Waals surface area contributed by atoms with Crippen LogP contribution in [0.1, 0.15) is 27.2 Å². The van der Waals surface area contributed by atoms with Crippen molar-refractivity contribution in [2.24, 2.45) is 0 Å². The van der Waals surface area contributed by atoms with Gasteiger partial charge in [-0.2, -0.15) is 0 Å². The molecule has 0 N–H and O–H groups in total. The molecule has 0 saturated heterocycles. The predicted molar refractivity (Wildman–Crippen MR) is 61.1 cm³/mol. The molecule has 0 fully saturated rings. The molecule has 0 aromatic heterocycles. The molecule has 0 spiro atoms. The minimum atomic E-state index is -0.202. The number of carbonyl (C=O) groups is 1. The fraction of sp³-hybridized carbons (Fsp3) is 0.417. The second-order valence-corrected chi connectivity index (χ2v) is 2.20. The molecular formula is C12H20O2. The van der Waals surface area contributed by atoms with Gasteiger partial charge in [0, 0.05) is 6.42 Å². The average Bonchev–Trinajstić information content (AvgIpc) is 2.26. The molecule has 0 aliphatic heterocycles. The second kappa shape index (κ2) is 11.7. The lowest BCUT2D eigenvalue weighted by Crippen LogP contribution is -2.04. The molecule has 0 aromatic rings. The summed E-state index contributed by atoms with van der Waals surface area (Å²) in [5, 5.41) is 0. The van der Waals surface area contributed by atoms with E-state index in [4.69, 9.17) is 4.74 Å². The van der Waals surface area contributed by atoms with Crippen molar-refractivity contribution in [1.29, 1.82) is 0 Å². The highest BCUT2D eigenvalue weighted by Crippen LogP contribution is 1.98. The fourth-order valence-corrected chi connectivity index (χ4v) is 0.592. The van der Waals surface area contributed by atoms with Gasteiger partial charge in [0.25, 0.3) is 0 Å². The molecule has 0 bridgehead atoms. The van der Waals surface area contributed by atoms with Gasteiger partial charge in [-0.25, -0.2) is 0 Å². The SMILES string of the molecule is C=C/C=C(\C=C)COC(=O)CC.CC. The van der Waals surface area contributed by atoms with Gasteiger partial charge in [0.1, 0.15) is 6.61 Å². The monoisotopic (exact) mass is 196 g/mol. The lowest BCUT2D eigenvalue weighted by atomic mass is 10.2. The highest BCUT2D eigenvalue weighted by molar-refractivity contribution is 5.69. The van der Waals surface area contributed by atoms with E-state index in [1.54, 1.807) is 25.2 Å². The maximum absolute atomic E-state index is 10.7. The summed E-state index contributed by atoms with van der Waals surface area (Å²) in [4.78, 5) is 10.7. The van der Waals surface area contributed by atoms with Crippen LogP contribution in [0.5, 0.6) is 0 Å². The Balaban J connectivity index is 0. The Morgan fingerprint density at radius 2 is 1.93 bits per heavy atom. The third-order valence-electron chi connectivity index (χ3n) is 1.28. The molecule has 14 heavy (non-hydrogen) atoms. The maximum atomic E-state index is 10.7. The van der Waals surface area contributed by atoms with E-state index in [0.29, 0.717) is 6.42 Å². The quantitative estimate of drug-likeness (QED) is 0.498. The molecule has 80 valence electrons. The van der Waals surface area contributed by atoms with Crippen LogP contribution >= 0.6 is 0 Å². The summed E-state index contributed by atoms with van der Waals surface area (Å²) in [6.07, 6.45) is 5.44. The highest BCUT2D eigenvalue weighted by Gasteiger charge is 1.97. The van der Waals surface area contributed by atoms with E-state index in [1.165, 1.54) is 0 Å². The Morgan fingerprint density at radius 1 is 1.36 bits per heavy atom. The van der Waals surface area contributed by atoms with Gasteiger partial charge in [-0.05, 0) is 5.57 Å². The molecule has 0 heterocycles. The molecule has 2 nitrogen and oxygen atoms in total. The third kappa shape index (κ3) is 8.78. The van der Waals surface area contributed by atoms with Crippen molar-refractivity contribution >= 4 is 5.97 Å². The molecule has 0 aromatic carbocycles. The Hall–Kier alpha value is -1.31. The van der Waals surface area contributed by atoms with Crippen LogP contribution in [0, 0.1) is 0 Å². The van der Waals surface area contributed by atoms with Gasteiger partial charge in [-0.15, -0.1) is 0 Å². The van der Waals surface area contributed by atoms with Crippen LogP contribution in [0.2, 0.25) is 0 Å². The first kappa shape index (κ1) is 15.2. The highest BCUT2D eigenvalue weighted by atomic mass is 16.5. The number of hydrogen-bond donors (Lipinski definition) is 0. The summed E-state index contributed by atoms with van der Waals surface area (Å²) in [5.74, 6) is -0.202. The first-order valence-electron chi connectivity index (χ1n) is 4.84. The summed E-state index contributed by atoms with van der Waals surface area (Å²) in [6.45, 7) is 13.1. The lowest BCUT2D eigenvalue weighted by Gasteiger charge is -2.02. The smallest absolute Gasteiger partial charge is 0.305 e. The molecule has 2 heteroatoms. The van der Waals surface area contributed by atoms with Crippen molar-refractivity contribution in [2.75, 3.05) is 6.61 Å². The first-order valence-corrected chi connectivity index (χ1v) is 4.84. The van der Waals surface area contributed by atoms with Crippen molar-refractivity contribution in [2.45, 2.75) is 27.2 Å². The van der Waals surface area contributed by atoms with Gasteiger partial charge >= 0.3 is 5.97 Å². The standard InChI is InChI=1S/C10H14O2.C2H6/c1-4-7-9(5-2)8-12-10(11)6-3;1-2/h4-5,7H,1-2,6,8H2,3H3;1-2H3/b9-7+;. The molecule has 0 aliphatic rings. The molecular weight excluding hydrogens is 176 g/mol. The molecule has 0 atom stereocenters. The largest absolute Gasteiger partial charge is 0.461 e. The fourth-order valence-electron chi connectivity index (χ4n) is 0.592. The van der Waals surface area contributed by atoms with Crippen LogP contribution in [-0.4, -0.2) is 12.6 Å². The number of rotatable bonds is 5. The number of carbonyl (C=O) groups excluding carboxylic acids is 1. The Bertz CT molecular complexity index is 202. The predicted octanol–water partition coefficient (Wildman–Crippen LogP) is 3.26. The summed E-state index contributed by atoms with van der Waals surface area (Å²) in [7, 11) is 0. The number of allylic oxidation sites excluding steroid dienone is 2. The summed E-state index contributed by atoms with van der Waals surface area (Å²) >= 11 is 0. The lowest BCUT2D eigenvalue weighted by molar-refractivity contribution is -0.142. The van der Waals surface area contributed by atoms with Gasteiger partial charge in [0.15, 0.2) is 0 Å². The van der Waals surface area contributed by atoms with Crippen LogP contribution < -0.4 is 0 Å². The Kier molecular flexibility index (Phi) is 12.7. The van der Waals surface area contributed by atoms with Crippen LogP contribution in [0.3, 0.4) is 0 Å². The number of esters is 1. The van der Waals surface area contributed by atoms with Crippen LogP contribution in [0.4, 0.5) is 0 Å². The van der Waals surface area contributed by atoms with E-state index in [0.717, 1.165) is 5.57 Å².